The average Bonchev–Trinajstić information content (AvgIpc) is 2.52. The van der Waals surface area contributed by atoms with Crippen molar-refractivity contribution in [3.05, 3.63) is 0 Å². The fourth-order valence-electron chi connectivity index (χ4n) is 1.25. The molecule has 0 bridgehead atoms. The third-order valence-electron chi connectivity index (χ3n) is 1.97. The lowest BCUT2D eigenvalue weighted by atomic mass is 10.3. The van der Waals surface area contributed by atoms with E-state index >= 15 is 0 Å². The normalized spacial score (nSPS) is 16.1. The molecule has 0 unspecified atom stereocenters. The average molecular weight is 201 g/mol. The molecule has 1 amide bonds. The molecule has 0 aromatic heterocycles. The summed E-state index contributed by atoms with van der Waals surface area (Å²) in [5.74, 6) is -0.470. The number of carbonyl (C=O) groups excluding carboxylic acids is 2. The van der Waals surface area contributed by atoms with Gasteiger partial charge in [-0.3, -0.25) is 4.79 Å². The lowest BCUT2D eigenvalue weighted by Crippen LogP contribution is -2.28. The van der Waals surface area contributed by atoms with Gasteiger partial charge in [0.15, 0.2) is 0 Å². The van der Waals surface area contributed by atoms with Gasteiger partial charge in [-0.25, -0.2) is 4.79 Å². The molecule has 1 fully saturated rings. The highest BCUT2D eigenvalue weighted by molar-refractivity contribution is 5.79. The van der Waals surface area contributed by atoms with E-state index in [0.717, 1.165) is 11.5 Å². The Bertz CT molecular complexity index is 217. The van der Waals surface area contributed by atoms with Gasteiger partial charge in [-0.1, -0.05) is 0 Å². The van der Waals surface area contributed by atoms with E-state index in [0.29, 0.717) is 26.0 Å². The smallest absolute Gasteiger partial charge is 0.332 e. The van der Waals surface area contributed by atoms with Gasteiger partial charge in [0.2, 0.25) is 0 Å². The Morgan fingerprint density at radius 3 is 2.93 bits per heavy atom. The SMILES string of the molecule is COCCCC(=O)ON1CCCC1=O. The first-order valence-electron chi connectivity index (χ1n) is 4.74. The summed E-state index contributed by atoms with van der Waals surface area (Å²) in [7, 11) is 1.58. The molecule has 1 heterocycles. The lowest BCUT2D eigenvalue weighted by Gasteiger charge is -2.13. The summed E-state index contributed by atoms with van der Waals surface area (Å²) in [6.07, 6.45) is 2.16. The van der Waals surface area contributed by atoms with Gasteiger partial charge >= 0.3 is 5.97 Å². The van der Waals surface area contributed by atoms with Crippen LogP contribution in [-0.2, 0) is 19.2 Å². The second kappa shape index (κ2) is 5.59. The maximum absolute atomic E-state index is 11.1. The predicted molar refractivity (Wildman–Crippen MR) is 48.1 cm³/mol. The molecule has 0 aromatic rings. The highest BCUT2D eigenvalue weighted by atomic mass is 16.7. The summed E-state index contributed by atoms with van der Waals surface area (Å²) in [5, 5.41) is 1.15. The Kier molecular flexibility index (Phi) is 4.39. The predicted octanol–water partition coefficient (Wildman–Crippen LogP) is 0.494. The largest absolute Gasteiger partial charge is 0.385 e. The van der Waals surface area contributed by atoms with Crippen molar-refractivity contribution in [2.45, 2.75) is 25.7 Å². The Morgan fingerprint density at radius 2 is 2.36 bits per heavy atom. The Labute approximate surface area is 82.9 Å². The zero-order valence-electron chi connectivity index (χ0n) is 8.32. The van der Waals surface area contributed by atoms with Crippen LogP contribution in [0.3, 0.4) is 0 Å². The molecule has 0 aliphatic carbocycles. The standard InChI is InChI=1S/C9H15NO4/c1-13-7-3-5-9(12)14-10-6-2-4-8(10)11/h2-7H2,1H3. The molecule has 5 nitrogen and oxygen atoms in total. The summed E-state index contributed by atoms with van der Waals surface area (Å²) >= 11 is 0. The summed E-state index contributed by atoms with van der Waals surface area (Å²) in [6, 6.07) is 0. The Balaban J connectivity index is 2.16. The zero-order valence-corrected chi connectivity index (χ0v) is 8.32. The van der Waals surface area contributed by atoms with Gasteiger partial charge in [-0.15, -0.1) is 0 Å². The number of nitrogens with zero attached hydrogens (tertiary/aromatic N) is 1. The summed E-state index contributed by atoms with van der Waals surface area (Å²) in [6.45, 7) is 1.05. The van der Waals surface area contributed by atoms with Crippen LogP contribution in [0.5, 0.6) is 0 Å². The fraction of sp³-hybridized carbons (Fsp3) is 0.778. The molecule has 1 saturated heterocycles. The minimum absolute atomic E-state index is 0.106. The second-order valence-electron chi connectivity index (χ2n) is 3.16. The molecule has 0 saturated carbocycles. The first-order valence-corrected chi connectivity index (χ1v) is 4.74. The fourth-order valence-corrected chi connectivity index (χ4v) is 1.25. The molecule has 0 atom stereocenters. The number of amides is 1. The first kappa shape index (κ1) is 11.0. The Hall–Kier alpha value is -1.10. The molecule has 1 aliphatic heterocycles. The summed E-state index contributed by atoms with van der Waals surface area (Å²) in [4.78, 5) is 27.1. The van der Waals surface area contributed by atoms with Gasteiger partial charge < -0.3 is 9.57 Å². The third kappa shape index (κ3) is 3.33. The number of hydroxylamine groups is 2. The number of rotatable bonds is 5. The third-order valence-corrected chi connectivity index (χ3v) is 1.97. The van der Waals surface area contributed by atoms with Gasteiger partial charge in [-0.05, 0) is 12.8 Å². The van der Waals surface area contributed by atoms with Crippen LogP contribution in [0.15, 0.2) is 0 Å². The maximum atomic E-state index is 11.1. The van der Waals surface area contributed by atoms with E-state index in [1.165, 1.54) is 0 Å². The highest BCUT2D eigenvalue weighted by Crippen LogP contribution is 2.10. The minimum Gasteiger partial charge on any atom is -0.385 e. The van der Waals surface area contributed by atoms with Crippen molar-refractivity contribution >= 4 is 11.9 Å². The summed E-state index contributed by atoms with van der Waals surface area (Å²) < 4.78 is 4.80. The first-order chi connectivity index (χ1) is 6.74. The van der Waals surface area contributed by atoms with Crippen LogP contribution >= 0.6 is 0 Å². The van der Waals surface area contributed by atoms with E-state index in [2.05, 4.69) is 0 Å². The molecule has 80 valence electrons. The minimum atomic E-state index is -0.364. The number of hydrogen-bond donors (Lipinski definition) is 0. The van der Waals surface area contributed by atoms with Crippen LogP contribution in [0.1, 0.15) is 25.7 Å². The van der Waals surface area contributed by atoms with Crippen molar-refractivity contribution in [2.75, 3.05) is 20.3 Å². The van der Waals surface area contributed by atoms with Gasteiger partial charge in [0.1, 0.15) is 0 Å². The molecule has 0 radical (unpaired) electrons. The second-order valence-corrected chi connectivity index (χ2v) is 3.16. The van der Waals surface area contributed by atoms with E-state index < -0.39 is 0 Å². The van der Waals surface area contributed by atoms with Crippen LogP contribution in [0.2, 0.25) is 0 Å². The van der Waals surface area contributed by atoms with Gasteiger partial charge in [-0.2, -0.15) is 5.06 Å². The van der Waals surface area contributed by atoms with Gasteiger partial charge in [0, 0.05) is 20.1 Å². The summed E-state index contributed by atoms with van der Waals surface area (Å²) in [5.41, 5.74) is 0. The topological polar surface area (TPSA) is 55.8 Å². The van der Waals surface area contributed by atoms with Crippen LogP contribution in [-0.4, -0.2) is 37.2 Å². The van der Waals surface area contributed by atoms with Crippen molar-refractivity contribution in [2.24, 2.45) is 0 Å². The molecular weight excluding hydrogens is 186 g/mol. The molecule has 0 spiro atoms. The van der Waals surface area contributed by atoms with Crippen molar-refractivity contribution in [1.29, 1.82) is 0 Å². The lowest BCUT2D eigenvalue weighted by molar-refractivity contribution is -0.193. The molecule has 0 aromatic carbocycles. The van der Waals surface area contributed by atoms with Crippen molar-refractivity contribution in [3.8, 4) is 0 Å². The molecule has 14 heavy (non-hydrogen) atoms. The van der Waals surface area contributed by atoms with Crippen molar-refractivity contribution in [3.63, 3.8) is 0 Å². The van der Waals surface area contributed by atoms with Crippen LogP contribution in [0, 0.1) is 0 Å². The number of carbonyl (C=O) groups is 2. The molecule has 5 heteroatoms. The molecule has 0 N–H and O–H groups in total. The van der Waals surface area contributed by atoms with Crippen molar-refractivity contribution in [1.82, 2.24) is 5.06 Å². The molecule has 1 aliphatic rings. The number of methoxy groups -OCH3 is 1. The quantitative estimate of drug-likeness (QED) is 0.607. The number of hydrogen-bond acceptors (Lipinski definition) is 4. The van der Waals surface area contributed by atoms with Crippen LogP contribution in [0.4, 0.5) is 0 Å². The Morgan fingerprint density at radius 1 is 1.57 bits per heavy atom. The van der Waals surface area contributed by atoms with E-state index in [4.69, 9.17) is 9.57 Å². The van der Waals surface area contributed by atoms with E-state index in [1.54, 1.807) is 7.11 Å². The van der Waals surface area contributed by atoms with Crippen LogP contribution < -0.4 is 0 Å². The molecular formula is C9H15NO4. The van der Waals surface area contributed by atoms with Crippen molar-refractivity contribution < 1.29 is 19.2 Å². The monoisotopic (exact) mass is 201 g/mol. The zero-order chi connectivity index (χ0) is 10.4. The van der Waals surface area contributed by atoms with Gasteiger partial charge in [0.25, 0.3) is 5.91 Å². The van der Waals surface area contributed by atoms with E-state index in [-0.39, 0.29) is 18.3 Å². The highest BCUT2D eigenvalue weighted by Gasteiger charge is 2.23. The maximum Gasteiger partial charge on any atom is 0.332 e. The van der Waals surface area contributed by atoms with Gasteiger partial charge in [0.05, 0.1) is 13.0 Å². The van der Waals surface area contributed by atoms with E-state index in [9.17, 15) is 9.59 Å². The number of ether oxygens (including phenoxy) is 1. The van der Waals surface area contributed by atoms with E-state index in [1.807, 2.05) is 0 Å². The molecule has 1 rings (SSSR count). The van der Waals surface area contributed by atoms with Crippen LogP contribution in [0.25, 0.3) is 0 Å².